The number of carbonyl (C=O) groups excluding carboxylic acids is 1. The third kappa shape index (κ3) is 5.68. The van der Waals surface area contributed by atoms with Crippen molar-refractivity contribution in [2.45, 2.75) is 56.9 Å². The minimum absolute atomic E-state index is 0.0538. The normalized spacial score (nSPS) is 21.5. The Morgan fingerprint density at radius 3 is 2.39 bits per heavy atom. The van der Waals surface area contributed by atoms with Crippen LogP contribution in [0.1, 0.15) is 63.9 Å². The molecule has 2 fully saturated rings. The monoisotopic (exact) mass is 653 g/mol. The summed E-state index contributed by atoms with van der Waals surface area (Å²) < 4.78 is 105. The fourth-order valence-corrected chi connectivity index (χ4v) is 6.82. The highest BCUT2D eigenvalue weighted by Gasteiger charge is 2.52. The van der Waals surface area contributed by atoms with E-state index in [0.29, 0.717) is 18.3 Å². The predicted octanol–water partition coefficient (Wildman–Crippen LogP) is 6.36. The van der Waals surface area contributed by atoms with Gasteiger partial charge in [0.15, 0.2) is 6.17 Å². The van der Waals surface area contributed by atoms with Crippen molar-refractivity contribution < 1.29 is 40.3 Å². The first-order valence-corrected chi connectivity index (χ1v) is 15.0. The number of hydrogen-bond donors (Lipinski definition) is 1. The lowest BCUT2D eigenvalue weighted by Crippen LogP contribution is -2.53. The summed E-state index contributed by atoms with van der Waals surface area (Å²) in [5.74, 6) is -0.370. The smallest absolute Gasteiger partial charge is 0.379 e. The number of benzene rings is 2. The molecule has 248 valence electrons. The van der Waals surface area contributed by atoms with Crippen LogP contribution in [0, 0.1) is 5.92 Å². The van der Waals surface area contributed by atoms with Crippen molar-refractivity contribution >= 4 is 11.6 Å². The number of anilines is 1. The Morgan fingerprint density at radius 2 is 1.76 bits per heavy atom. The summed E-state index contributed by atoms with van der Waals surface area (Å²) in [7, 11) is 2.01. The molecule has 1 amide bonds. The molecule has 3 aliphatic heterocycles. The van der Waals surface area contributed by atoms with Gasteiger partial charge in [-0.2, -0.15) is 31.4 Å². The first-order chi connectivity index (χ1) is 21.6. The molecule has 0 radical (unpaired) electrons. The second kappa shape index (κ2) is 11.6. The highest BCUT2D eigenvalue weighted by molar-refractivity contribution is 6.10. The quantitative estimate of drug-likeness (QED) is 0.301. The van der Waals surface area contributed by atoms with Crippen LogP contribution in [0.25, 0.3) is 0 Å². The topological polar surface area (TPSA) is 64.7 Å². The minimum atomic E-state index is -4.84. The molecule has 0 spiro atoms. The van der Waals surface area contributed by atoms with E-state index in [2.05, 4.69) is 33.8 Å². The molecule has 0 aliphatic carbocycles. The number of hydrogen-bond acceptors (Lipinski definition) is 5. The van der Waals surface area contributed by atoms with Gasteiger partial charge in [0.05, 0.1) is 36.3 Å². The van der Waals surface area contributed by atoms with Crippen molar-refractivity contribution in [1.82, 2.24) is 20.0 Å². The molecule has 46 heavy (non-hydrogen) atoms. The molecule has 2 aromatic carbocycles. The van der Waals surface area contributed by atoms with Crippen molar-refractivity contribution in [2.24, 2.45) is 5.92 Å². The Bertz CT molecular complexity index is 1610. The SMILES string of the molecule is CC(C)[C@H]1CN(C)CCN1Cc1cc2c(c(C(F)(F)F)c1)CN(c1cccc(C3([C@@H](F)c4n[nH]cc4C(F)(F)F)COC3)c1)C2=O. The summed E-state index contributed by atoms with van der Waals surface area (Å²) in [6, 6.07) is 8.73. The lowest BCUT2D eigenvalue weighted by atomic mass is 9.73. The van der Waals surface area contributed by atoms with Crippen LogP contribution in [-0.2, 0) is 35.6 Å². The highest BCUT2D eigenvalue weighted by atomic mass is 19.4. The van der Waals surface area contributed by atoms with Crippen molar-refractivity contribution in [3.8, 4) is 0 Å². The second-order valence-corrected chi connectivity index (χ2v) is 12.8. The molecule has 0 bridgehead atoms. The van der Waals surface area contributed by atoms with Crippen LogP contribution in [-0.4, -0.2) is 71.8 Å². The van der Waals surface area contributed by atoms with Gasteiger partial charge in [-0.15, -0.1) is 0 Å². The molecule has 2 atom stereocenters. The number of ether oxygens (including phenoxy) is 1. The van der Waals surface area contributed by atoms with Crippen LogP contribution in [0.15, 0.2) is 42.6 Å². The van der Waals surface area contributed by atoms with Crippen molar-refractivity contribution in [2.75, 3.05) is 44.8 Å². The number of likely N-dealkylation sites (N-methyl/N-ethyl adjacent to an activating group) is 1. The summed E-state index contributed by atoms with van der Waals surface area (Å²) in [5, 5.41) is 5.63. The molecule has 3 aromatic rings. The Kier molecular flexibility index (Phi) is 8.21. The second-order valence-electron chi connectivity index (χ2n) is 12.8. The number of fused-ring (bicyclic) bond motifs is 1. The molecule has 0 saturated carbocycles. The number of H-pyrrole nitrogens is 1. The number of carbonyl (C=O) groups is 1. The summed E-state index contributed by atoms with van der Waals surface area (Å²) in [6.45, 7) is 5.77. The maximum absolute atomic E-state index is 16.0. The van der Waals surface area contributed by atoms with E-state index in [1.165, 1.54) is 35.2 Å². The van der Waals surface area contributed by atoms with E-state index >= 15 is 4.39 Å². The molecule has 1 N–H and O–H groups in total. The summed E-state index contributed by atoms with van der Waals surface area (Å²) in [5.41, 5.74) is -3.85. The van der Waals surface area contributed by atoms with Gasteiger partial charge in [-0.1, -0.05) is 26.0 Å². The summed E-state index contributed by atoms with van der Waals surface area (Å²) in [6.07, 6.45) is -11.2. The van der Waals surface area contributed by atoms with Gasteiger partial charge >= 0.3 is 12.4 Å². The van der Waals surface area contributed by atoms with Gasteiger partial charge < -0.3 is 14.5 Å². The number of alkyl halides is 7. The molecule has 4 heterocycles. The van der Waals surface area contributed by atoms with Crippen LogP contribution < -0.4 is 4.90 Å². The number of amides is 1. The molecular formula is C32H34F7N5O2. The number of rotatable bonds is 7. The molecule has 14 heteroatoms. The van der Waals surface area contributed by atoms with E-state index in [1.54, 1.807) is 0 Å². The zero-order valence-electron chi connectivity index (χ0n) is 25.5. The van der Waals surface area contributed by atoms with Gasteiger partial charge in [0.25, 0.3) is 5.91 Å². The summed E-state index contributed by atoms with van der Waals surface area (Å²) >= 11 is 0. The molecule has 0 unspecified atom stereocenters. The average Bonchev–Trinajstić information content (AvgIpc) is 3.58. The van der Waals surface area contributed by atoms with E-state index in [9.17, 15) is 31.1 Å². The van der Waals surface area contributed by atoms with E-state index in [0.717, 1.165) is 19.2 Å². The van der Waals surface area contributed by atoms with Gasteiger partial charge in [0, 0.05) is 49.7 Å². The van der Waals surface area contributed by atoms with Gasteiger partial charge in [-0.3, -0.25) is 14.8 Å². The molecule has 2 saturated heterocycles. The summed E-state index contributed by atoms with van der Waals surface area (Å²) in [4.78, 5) is 19.3. The fraction of sp³-hybridized carbons (Fsp3) is 0.500. The van der Waals surface area contributed by atoms with Crippen LogP contribution >= 0.6 is 0 Å². The van der Waals surface area contributed by atoms with Gasteiger partial charge in [-0.25, -0.2) is 4.39 Å². The van der Waals surface area contributed by atoms with Crippen LogP contribution in [0.2, 0.25) is 0 Å². The number of aromatic amines is 1. The van der Waals surface area contributed by atoms with Crippen molar-refractivity contribution in [1.29, 1.82) is 0 Å². The van der Waals surface area contributed by atoms with Crippen LogP contribution in [0.5, 0.6) is 0 Å². The Morgan fingerprint density at radius 1 is 1.04 bits per heavy atom. The maximum Gasteiger partial charge on any atom is 0.419 e. The first kappa shape index (κ1) is 32.5. The van der Waals surface area contributed by atoms with Crippen LogP contribution in [0.4, 0.5) is 36.4 Å². The van der Waals surface area contributed by atoms with Crippen LogP contribution in [0.3, 0.4) is 0 Å². The molecule has 7 nitrogen and oxygen atoms in total. The zero-order chi connectivity index (χ0) is 33.2. The number of nitrogens with zero attached hydrogens (tertiary/aromatic N) is 4. The standard InChI is InChI=1S/C32H34F7N5O2/c1-18(2)26-15-42(3)7-8-43(26)13-19-9-22-23(24(10-19)31(34,35)36)14-44(29(22)45)21-6-4-5-20(11-21)30(16-46-17-30)28(33)27-25(12-40-41-27)32(37,38)39/h4-6,9-12,18,26,28H,7-8,13-17H2,1-3H3,(H,40,41)/t26-,28+/m1/s1. The van der Waals surface area contributed by atoms with Crippen molar-refractivity contribution in [3.05, 3.63) is 81.7 Å². The number of aromatic nitrogens is 2. The molecule has 6 rings (SSSR count). The Balaban J connectivity index is 1.32. The number of nitrogens with one attached hydrogen (secondary N) is 1. The highest BCUT2D eigenvalue weighted by Crippen LogP contribution is 2.49. The predicted molar refractivity (Wildman–Crippen MR) is 155 cm³/mol. The molecule has 3 aliphatic rings. The van der Waals surface area contributed by atoms with E-state index in [-0.39, 0.29) is 60.6 Å². The van der Waals surface area contributed by atoms with E-state index < -0.39 is 46.7 Å². The third-order valence-electron chi connectivity index (χ3n) is 9.45. The van der Waals surface area contributed by atoms with E-state index in [1.807, 2.05) is 7.05 Å². The number of piperazine rings is 1. The average molecular weight is 654 g/mol. The lowest BCUT2D eigenvalue weighted by molar-refractivity contribution is -0.141. The largest absolute Gasteiger partial charge is 0.419 e. The lowest BCUT2D eigenvalue weighted by Gasteiger charge is -2.44. The van der Waals surface area contributed by atoms with Gasteiger partial charge in [-0.05, 0) is 53.9 Å². The molecule has 1 aromatic heterocycles. The Labute approximate surface area is 261 Å². The molecular weight excluding hydrogens is 619 g/mol. The maximum atomic E-state index is 16.0. The van der Waals surface area contributed by atoms with Crippen molar-refractivity contribution in [3.63, 3.8) is 0 Å². The number of halogens is 7. The van der Waals surface area contributed by atoms with E-state index in [4.69, 9.17) is 4.74 Å². The third-order valence-corrected chi connectivity index (χ3v) is 9.45. The van der Waals surface area contributed by atoms with Gasteiger partial charge in [0.2, 0.25) is 0 Å². The minimum Gasteiger partial charge on any atom is -0.379 e. The van der Waals surface area contributed by atoms with Gasteiger partial charge in [0.1, 0.15) is 5.69 Å². The first-order valence-electron chi connectivity index (χ1n) is 15.0. The fourth-order valence-electron chi connectivity index (χ4n) is 6.82. The Hall–Kier alpha value is -3.49. The zero-order valence-corrected chi connectivity index (χ0v) is 25.5.